The van der Waals surface area contributed by atoms with E-state index in [4.69, 9.17) is 5.11 Å². The summed E-state index contributed by atoms with van der Waals surface area (Å²) < 4.78 is 22.6. The molecule has 1 aromatic carbocycles. The van der Waals surface area contributed by atoms with E-state index < -0.39 is 9.84 Å². The standard InChI is InChI=1S/C13H21NO3S/c1-3-18(16,17)9-8-14-11(2)10-12-4-6-13(15)7-5-12/h4-7,11,14-15H,3,8-10H2,1-2H3. The van der Waals surface area contributed by atoms with Gasteiger partial charge in [0.05, 0.1) is 5.75 Å². The predicted molar refractivity (Wildman–Crippen MR) is 73.6 cm³/mol. The molecule has 0 aliphatic heterocycles. The molecule has 0 spiro atoms. The van der Waals surface area contributed by atoms with E-state index in [0.717, 1.165) is 12.0 Å². The fourth-order valence-electron chi connectivity index (χ4n) is 1.66. The third kappa shape index (κ3) is 5.51. The molecule has 4 nitrogen and oxygen atoms in total. The summed E-state index contributed by atoms with van der Waals surface area (Å²) in [5, 5.41) is 12.4. The van der Waals surface area contributed by atoms with Crippen LogP contribution in [0.1, 0.15) is 19.4 Å². The topological polar surface area (TPSA) is 66.4 Å². The number of phenolic OH excluding ortho intramolecular Hbond substituents is 1. The highest BCUT2D eigenvalue weighted by Crippen LogP contribution is 2.11. The highest BCUT2D eigenvalue weighted by atomic mass is 32.2. The van der Waals surface area contributed by atoms with E-state index in [-0.39, 0.29) is 23.3 Å². The van der Waals surface area contributed by atoms with Crippen molar-refractivity contribution >= 4 is 9.84 Å². The van der Waals surface area contributed by atoms with Crippen molar-refractivity contribution in [1.29, 1.82) is 0 Å². The van der Waals surface area contributed by atoms with E-state index in [2.05, 4.69) is 5.32 Å². The van der Waals surface area contributed by atoms with Gasteiger partial charge in [0.1, 0.15) is 5.75 Å². The summed E-state index contributed by atoms with van der Waals surface area (Å²) in [4.78, 5) is 0. The predicted octanol–water partition coefficient (Wildman–Crippen LogP) is 1.35. The van der Waals surface area contributed by atoms with Gasteiger partial charge in [0.25, 0.3) is 0 Å². The summed E-state index contributed by atoms with van der Waals surface area (Å²) in [6.45, 7) is 4.16. The van der Waals surface area contributed by atoms with Crippen LogP contribution in [0.4, 0.5) is 0 Å². The highest BCUT2D eigenvalue weighted by molar-refractivity contribution is 7.91. The molecule has 0 heterocycles. The van der Waals surface area contributed by atoms with E-state index in [0.29, 0.717) is 6.54 Å². The molecular formula is C13H21NO3S. The lowest BCUT2D eigenvalue weighted by Crippen LogP contribution is -2.32. The van der Waals surface area contributed by atoms with Crippen molar-refractivity contribution in [3.63, 3.8) is 0 Å². The average molecular weight is 271 g/mol. The Morgan fingerprint density at radius 3 is 2.44 bits per heavy atom. The van der Waals surface area contributed by atoms with Crippen LogP contribution >= 0.6 is 0 Å². The van der Waals surface area contributed by atoms with Gasteiger partial charge in [-0.1, -0.05) is 19.1 Å². The number of rotatable bonds is 7. The Balaban J connectivity index is 2.34. The van der Waals surface area contributed by atoms with Crippen LogP contribution in [0.3, 0.4) is 0 Å². The van der Waals surface area contributed by atoms with Crippen LogP contribution in [-0.2, 0) is 16.3 Å². The summed E-state index contributed by atoms with van der Waals surface area (Å²) in [6.07, 6.45) is 0.812. The second-order valence-corrected chi connectivity index (χ2v) is 6.93. The summed E-state index contributed by atoms with van der Waals surface area (Å²) in [5.41, 5.74) is 1.12. The largest absolute Gasteiger partial charge is 0.508 e. The maximum Gasteiger partial charge on any atom is 0.151 e. The molecule has 1 rings (SSSR count). The first kappa shape index (κ1) is 15.0. The SMILES string of the molecule is CCS(=O)(=O)CCNC(C)Cc1ccc(O)cc1. The van der Waals surface area contributed by atoms with Crippen LogP contribution in [0.5, 0.6) is 5.75 Å². The Morgan fingerprint density at radius 2 is 1.89 bits per heavy atom. The number of nitrogens with one attached hydrogen (secondary N) is 1. The number of hydrogen-bond donors (Lipinski definition) is 2. The lowest BCUT2D eigenvalue weighted by molar-refractivity contribution is 0.474. The van der Waals surface area contributed by atoms with Gasteiger partial charge in [0.2, 0.25) is 0 Å². The van der Waals surface area contributed by atoms with Crippen LogP contribution in [0, 0.1) is 0 Å². The van der Waals surface area contributed by atoms with Crippen molar-refractivity contribution < 1.29 is 13.5 Å². The number of phenols is 1. The Labute approximate surface area is 109 Å². The van der Waals surface area contributed by atoms with Gasteiger partial charge in [-0.15, -0.1) is 0 Å². The number of aromatic hydroxyl groups is 1. The minimum atomic E-state index is -2.89. The molecule has 0 aliphatic rings. The van der Waals surface area contributed by atoms with Gasteiger partial charge in [-0.05, 0) is 31.0 Å². The molecule has 0 amide bonds. The van der Waals surface area contributed by atoms with E-state index in [1.54, 1.807) is 19.1 Å². The molecule has 1 atom stereocenters. The number of hydrogen-bond acceptors (Lipinski definition) is 4. The third-order valence-corrected chi connectivity index (χ3v) is 4.53. The van der Waals surface area contributed by atoms with Crippen molar-refractivity contribution in [2.75, 3.05) is 18.1 Å². The van der Waals surface area contributed by atoms with Crippen molar-refractivity contribution in [2.45, 2.75) is 26.3 Å². The molecule has 0 saturated carbocycles. The quantitative estimate of drug-likeness (QED) is 0.785. The average Bonchev–Trinajstić information content (AvgIpc) is 2.32. The Bertz CT molecular complexity index is 454. The molecule has 0 aliphatic carbocycles. The first-order valence-electron chi connectivity index (χ1n) is 6.14. The molecule has 0 bridgehead atoms. The fraction of sp³-hybridized carbons (Fsp3) is 0.538. The zero-order chi connectivity index (χ0) is 13.6. The van der Waals surface area contributed by atoms with Gasteiger partial charge >= 0.3 is 0 Å². The molecule has 5 heteroatoms. The van der Waals surface area contributed by atoms with Crippen molar-refractivity contribution in [2.24, 2.45) is 0 Å². The minimum Gasteiger partial charge on any atom is -0.508 e. The molecule has 0 saturated heterocycles. The lowest BCUT2D eigenvalue weighted by atomic mass is 10.1. The van der Waals surface area contributed by atoms with Crippen molar-refractivity contribution in [1.82, 2.24) is 5.32 Å². The van der Waals surface area contributed by atoms with E-state index in [1.165, 1.54) is 0 Å². The van der Waals surface area contributed by atoms with Gasteiger partial charge in [-0.25, -0.2) is 8.42 Å². The lowest BCUT2D eigenvalue weighted by Gasteiger charge is -2.13. The van der Waals surface area contributed by atoms with Crippen molar-refractivity contribution in [3.05, 3.63) is 29.8 Å². The second kappa shape index (κ2) is 6.75. The Morgan fingerprint density at radius 1 is 1.28 bits per heavy atom. The van der Waals surface area contributed by atoms with E-state index in [1.807, 2.05) is 19.1 Å². The molecule has 102 valence electrons. The molecule has 0 fully saturated rings. The summed E-state index contributed by atoms with van der Waals surface area (Å²) >= 11 is 0. The van der Waals surface area contributed by atoms with Crippen LogP contribution in [0.25, 0.3) is 0 Å². The molecule has 1 unspecified atom stereocenters. The first-order valence-corrected chi connectivity index (χ1v) is 7.97. The molecule has 0 aromatic heterocycles. The molecule has 2 N–H and O–H groups in total. The van der Waals surface area contributed by atoms with Gasteiger partial charge < -0.3 is 10.4 Å². The monoisotopic (exact) mass is 271 g/mol. The maximum absolute atomic E-state index is 11.3. The van der Waals surface area contributed by atoms with Crippen LogP contribution in [0.2, 0.25) is 0 Å². The third-order valence-electron chi connectivity index (χ3n) is 2.82. The fourth-order valence-corrected chi connectivity index (χ4v) is 2.38. The number of benzene rings is 1. The minimum absolute atomic E-state index is 0.184. The smallest absolute Gasteiger partial charge is 0.151 e. The zero-order valence-corrected chi connectivity index (χ0v) is 11.7. The Kier molecular flexibility index (Phi) is 5.62. The van der Waals surface area contributed by atoms with E-state index >= 15 is 0 Å². The second-order valence-electron chi connectivity index (χ2n) is 4.46. The Hall–Kier alpha value is -1.07. The zero-order valence-electron chi connectivity index (χ0n) is 10.9. The van der Waals surface area contributed by atoms with E-state index in [9.17, 15) is 8.42 Å². The van der Waals surface area contributed by atoms with Gasteiger partial charge in [-0.2, -0.15) is 0 Å². The first-order chi connectivity index (χ1) is 8.43. The summed E-state index contributed by atoms with van der Waals surface area (Å²) in [5.74, 6) is 0.637. The number of sulfone groups is 1. The summed E-state index contributed by atoms with van der Waals surface area (Å²) in [6, 6.07) is 7.27. The molecule has 18 heavy (non-hydrogen) atoms. The van der Waals surface area contributed by atoms with Gasteiger partial charge in [0.15, 0.2) is 9.84 Å². The molecular weight excluding hydrogens is 250 g/mol. The van der Waals surface area contributed by atoms with Crippen molar-refractivity contribution in [3.8, 4) is 5.75 Å². The highest BCUT2D eigenvalue weighted by Gasteiger charge is 2.08. The van der Waals surface area contributed by atoms with Crippen LogP contribution in [0.15, 0.2) is 24.3 Å². The normalized spacial score (nSPS) is 13.4. The van der Waals surface area contributed by atoms with Gasteiger partial charge in [-0.3, -0.25) is 0 Å². The van der Waals surface area contributed by atoms with Crippen LogP contribution < -0.4 is 5.32 Å². The maximum atomic E-state index is 11.3. The summed E-state index contributed by atoms with van der Waals surface area (Å²) in [7, 11) is -2.89. The molecule has 0 radical (unpaired) electrons. The van der Waals surface area contributed by atoms with Gasteiger partial charge in [0, 0.05) is 18.3 Å². The molecule has 1 aromatic rings. The van der Waals surface area contributed by atoms with Crippen LogP contribution in [-0.4, -0.2) is 37.6 Å².